The third-order valence-electron chi connectivity index (χ3n) is 3.27. The molecule has 1 heterocycles. The van der Waals surface area contributed by atoms with Gasteiger partial charge in [-0.2, -0.15) is 0 Å². The van der Waals surface area contributed by atoms with E-state index in [1.54, 1.807) is 24.4 Å². The molecule has 3 rings (SSSR count). The van der Waals surface area contributed by atoms with Crippen LogP contribution in [0.15, 0.2) is 48.7 Å². The highest BCUT2D eigenvalue weighted by atomic mass is 35.5. The minimum Gasteiger partial charge on any atom is -0.342 e. The zero-order valence-corrected chi connectivity index (χ0v) is 11.3. The minimum absolute atomic E-state index is 0.261. The maximum Gasteiger partial charge on any atom is 0.152 e. The van der Waals surface area contributed by atoms with Gasteiger partial charge in [0.05, 0.1) is 5.52 Å². The highest BCUT2D eigenvalue weighted by Gasteiger charge is 2.09. The molecule has 0 spiro atoms. The maximum absolute atomic E-state index is 12.9. The van der Waals surface area contributed by atoms with Crippen LogP contribution in [0, 0.1) is 5.82 Å². The van der Waals surface area contributed by atoms with E-state index in [9.17, 15) is 9.18 Å². The first-order valence-corrected chi connectivity index (χ1v) is 6.53. The highest BCUT2D eigenvalue weighted by Crippen LogP contribution is 2.24. The van der Waals surface area contributed by atoms with Crippen molar-refractivity contribution in [2.24, 2.45) is 0 Å². The van der Waals surface area contributed by atoms with Gasteiger partial charge >= 0.3 is 0 Å². The molecule has 2 aromatic carbocycles. The van der Waals surface area contributed by atoms with Gasteiger partial charge in [0.1, 0.15) is 5.82 Å². The lowest BCUT2D eigenvalue weighted by molar-refractivity contribution is 0.112. The molecule has 0 aliphatic rings. The molecule has 3 aromatic rings. The summed E-state index contributed by atoms with van der Waals surface area (Å²) in [5, 5.41) is 1.49. The summed E-state index contributed by atoms with van der Waals surface area (Å²) >= 11 is 6.02. The predicted octanol–water partition coefficient (Wildman–Crippen LogP) is 4.29. The molecule has 0 bridgehead atoms. The van der Waals surface area contributed by atoms with Crippen molar-refractivity contribution in [2.45, 2.75) is 6.54 Å². The Morgan fingerprint density at radius 3 is 2.60 bits per heavy atom. The minimum atomic E-state index is -0.261. The molecule has 0 fully saturated rings. The Hall–Kier alpha value is -2.13. The molecule has 0 unspecified atom stereocenters. The lowest BCUT2D eigenvalue weighted by atomic mass is 10.2. The number of halogens is 2. The first-order chi connectivity index (χ1) is 9.67. The third kappa shape index (κ3) is 2.32. The molecule has 20 heavy (non-hydrogen) atoms. The SMILES string of the molecule is O=Cc1cn(Cc2ccc(F)cc2)c2cc(Cl)ccc12. The Morgan fingerprint density at radius 2 is 1.90 bits per heavy atom. The van der Waals surface area contributed by atoms with Crippen molar-refractivity contribution < 1.29 is 9.18 Å². The zero-order chi connectivity index (χ0) is 14.1. The average Bonchev–Trinajstić information content (AvgIpc) is 2.79. The summed E-state index contributed by atoms with van der Waals surface area (Å²) in [5.74, 6) is -0.261. The van der Waals surface area contributed by atoms with Crippen molar-refractivity contribution >= 4 is 28.8 Å². The van der Waals surface area contributed by atoms with E-state index in [-0.39, 0.29) is 5.82 Å². The topological polar surface area (TPSA) is 22.0 Å². The fourth-order valence-corrected chi connectivity index (χ4v) is 2.47. The van der Waals surface area contributed by atoms with E-state index in [0.29, 0.717) is 17.1 Å². The quantitative estimate of drug-likeness (QED) is 0.659. The second kappa shape index (κ2) is 5.10. The summed E-state index contributed by atoms with van der Waals surface area (Å²) in [6, 6.07) is 11.7. The van der Waals surface area contributed by atoms with Crippen LogP contribution in [0.3, 0.4) is 0 Å². The monoisotopic (exact) mass is 287 g/mol. The van der Waals surface area contributed by atoms with Gasteiger partial charge in [0.2, 0.25) is 0 Å². The van der Waals surface area contributed by atoms with Crippen molar-refractivity contribution in [2.75, 3.05) is 0 Å². The van der Waals surface area contributed by atoms with Crippen LogP contribution in [0.25, 0.3) is 10.9 Å². The number of hydrogen-bond acceptors (Lipinski definition) is 1. The zero-order valence-electron chi connectivity index (χ0n) is 10.5. The molecule has 0 saturated carbocycles. The van der Waals surface area contributed by atoms with Gasteiger partial charge in [-0.3, -0.25) is 4.79 Å². The molecule has 0 saturated heterocycles. The van der Waals surface area contributed by atoms with Crippen molar-refractivity contribution in [1.29, 1.82) is 0 Å². The van der Waals surface area contributed by atoms with E-state index in [1.807, 2.05) is 16.7 Å². The largest absolute Gasteiger partial charge is 0.342 e. The Labute approximate surface area is 120 Å². The summed E-state index contributed by atoms with van der Waals surface area (Å²) in [5.41, 5.74) is 2.48. The summed E-state index contributed by atoms with van der Waals surface area (Å²) in [7, 11) is 0. The Morgan fingerprint density at radius 1 is 1.15 bits per heavy atom. The fraction of sp³-hybridized carbons (Fsp3) is 0.0625. The van der Waals surface area contributed by atoms with Crippen LogP contribution in [0.1, 0.15) is 15.9 Å². The average molecular weight is 288 g/mol. The van der Waals surface area contributed by atoms with Crippen molar-refractivity contribution in [3.05, 3.63) is 70.6 Å². The molecule has 0 amide bonds. The van der Waals surface area contributed by atoms with E-state index in [1.165, 1.54) is 12.1 Å². The molecule has 1 aromatic heterocycles. The van der Waals surface area contributed by atoms with Crippen molar-refractivity contribution in [3.63, 3.8) is 0 Å². The molecule has 0 atom stereocenters. The Balaban J connectivity index is 2.08. The van der Waals surface area contributed by atoms with Gasteiger partial charge in [-0.15, -0.1) is 0 Å². The van der Waals surface area contributed by atoms with Gasteiger partial charge in [0.15, 0.2) is 6.29 Å². The van der Waals surface area contributed by atoms with E-state index in [2.05, 4.69) is 0 Å². The standard InChI is InChI=1S/C16H11ClFNO/c17-13-3-6-15-12(10-20)9-19(16(15)7-13)8-11-1-4-14(18)5-2-11/h1-7,9-10H,8H2. The molecule has 100 valence electrons. The van der Waals surface area contributed by atoms with Gasteiger partial charge in [-0.1, -0.05) is 29.8 Å². The number of aromatic nitrogens is 1. The van der Waals surface area contributed by atoms with E-state index in [4.69, 9.17) is 11.6 Å². The van der Waals surface area contributed by atoms with Crippen LogP contribution in [0.2, 0.25) is 5.02 Å². The Kier molecular flexibility index (Phi) is 3.28. The van der Waals surface area contributed by atoms with Gasteiger partial charge in [0, 0.05) is 28.7 Å². The summed E-state index contributed by atoms with van der Waals surface area (Å²) in [6.07, 6.45) is 2.62. The van der Waals surface area contributed by atoms with Crippen LogP contribution in [0.4, 0.5) is 4.39 Å². The van der Waals surface area contributed by atoms with Gasteiger partial charge in [0.25, 0.3) is 0 Å². The fourth-order valence-electron chi connectivity index (χ4n) is 2.30. The van der Waals surface area contributed by atoms with Crippen LogP contribution < -0.4 is 0 Å². The first-order valence-electron chi connectivity index (χ1n) is 6.15. The number of benzene rings is 2. The van der Waals surface area contributed by atoms with Crippen LogP contribution in [0.5, 0.6) is 0 Å². The number of fused-ring (bicyclic) bond motifs is 1. The van der Waals surface area contributed by atoms with Gasteiger partial charge in [-0.25, -0.2) is 4.39 Å². The molecule has 2 nitrogen and oxygen atoms in total. The lowest BCUT2D eigenvalue weighted by Crippen LogP contribution is -1.97. The number of nitrogens with zero attached hydrogens (tertiary/aromatic N) is 1. The van der Waals surface area contributed by atoms with Crippen LogP contribution in [-0.4, -0.2) is 10.9 Å². The second-order valence-electron chi connectivity index (χ2n) is 4.62. The lowest BCUT2D eigenvalue weighted by Gasteiger charge is -2.06. The number of hydrogen-bond donors (Lipinski definition) is 0. The van der Waals surface area contributed by atoms with Crippen LogP contribution in [-0.2, 0) is 6.54 Å². The molecular formula is C16H11ClFNO. The normalized spacial score (nSPS) is 10.9. The summed E-state index contributed by atoms with van der Waals surface area (Å²) < 4.78 is 14.9. The molecule has 0 radical (unpaired) electrons. The number of aldehydes is 1. The molecule has 4 heteroatoms. The number of carbonyl (C=O) groups excluding carboxylic acids is 1. The number of rotatable bonds is 3. The highest BCUT2D eigenvalue weighted by molar-refractivity contribution is 6.31. The predicted molar refractivity (Wildman–Crippen MR) is 77.8 cm³/mol. The van der Waals surface area contributed by atoms with Crippen LogP contribution >= 0.6 is 11.6 Å². The van der Waals surface area contributed by atoms with E-state index >= 15 is 0 Å². The third-order valence-corrected chi connectivity index (χ3v) is 3.50. The van der Waals surface area contributed by atoms with Crippen molar-refractivity contribution in [3.8, 4) is 0 Å². The smallest absolute Gasteiger partial charge is 0.152 e. The maximum atomic E-state index is 12.9. The molecule has 0 aliphatic heterocycles. The molecule has 0 N–H and O–H groups in total. The van der Waals surface area contributed by atoms with E-state index in [0.717, 1.165) is 22.8 Å². The van der Waals surface area contributed by atoms with Gasteiger partial charge < -0.3 is 4.57 Å². The molecule has 0 aliphatic carbocycles. The first kappa shape index (κ1) is 12.9. The molecular weight excluding hydrogens is 277 g/mol. The summed E-state index contributed by atoms with van der Waals surface area (Å²) in [4.78, 5) is 11.1. The summed E-state index contributed by atoms with van der Waals surface area (Å²) in [6.45, 7) is 0.560. The van der Waals surface area contributed by atoms with E-state index < -0.39 is 0 Å². The Bertz CT molecular complexity index is 777. The van der Waals surface area contributed by atoms with Gasteiger partial charge in [-0.05, 0) is 29.8 Å². The number of carbonyl (C=O) groups is 1. The van der Waals surface area contributed by atoms with Crippen molar-refractivity contribution in [1.82, 2.24) is 4.57 Å². The second-order valence-corrected chi connectivity index (χ2v) is 5.05.